The van der Waals surface area contributed by atoms with E-state index in [4.69, 9.17) is 14.6 Å². The number of sulfonamides is 1. The number of hydrogen-bond acceptors (Lipinski definition) is 6. The number of rotatable bonds is 10. The van der Waals surface area contributed by atoms with Gasteiger partial charge in [0, 0.05) is 12.0 Å². The molecule has 0 radical (unpaired) electrons. The van der Waals surface area contributed by atoms with E-state index in [1.165, 1.54) is 13.2 Å². The highest BCUT2D eigenvalue weighted by Crippen LogP contribution is 2.49. The van der Waals surface area contributed by atoms with Crippen molar-refractivity contribution in [3.63, 3.8) is 0 Å². The zero-order chi connectivity index (χ0) is 26.6. The van der Waals surface area contributed by atoms with E-state index in [0.29, 0.717) is 34.4 Å². The molecule has 0 amide bonds. The largest absolute Gasteiger partial charge is 0.480 e. The summed E-state index contributed by atoms with van der Waals surface area (Å²) in [7, 11) is -2.42. The zero-order valence-corrected chi connectivity index (χ0v) is 21.0. The minimum Gasteiger partial charge on any atom is -0.480 e. The van der Waals surface area contributed by atoms with Gasteiger partial charge >= 0.3 is 12.6 Å². The van der Waals surface area contributed by atoms with Gasteiger partial charge in [-0.05, 0) is 53.6 Å². The van der Waals surface area contributed by atoms with Crippen LogP contribution in [0.15, 0.2) is 60.7 Å². The van der Waals surface area contributed by atoms with Crippen molar-refractivity contribution in [1.82, 2.24) is 0 Å². The normalized spacial score (nSPS) is 14.5. The molecule has 37 heavy (non-hydrogen) atoms. The van der Waals surface area contributed by atoms with Gasteiger partial charge in [-0.2, -0.15) is 8.78 Å². The van der Waals surface area contributed by atoms with Gasteiger partial charge in [0.05, 0.1) is 18.4 Å². The van der Waals surface area contributed by atoms with Crippen molar-refractivity contribution in [2.24, 2.45) is 5.14 Å². The average molecular weight is 532 g/mol. The first-order valence-corrected chi connectivity index (χ1v) is 13.4. The maximum atomic E-state index is 13.1. The van der Waals surface area contributed by atoms with Crippen LogP contribution in [0.3, 0.4) is 0 Å². The predicted molar refractivity (Wildman–Crippen MR) is 134 cm³/mol. The molecule has 7 nitrogen and oxygen atoms in total. The van der Waals surface area contributed by atoms with E-state index < -0.39 is 22.7 Å². The molecule has 0 aliphatic carbocycles. The molecule has 2 N–H and O–H groups in total. The quantitative estimate of drug-likeness (QED) is 0.288. The Hall–Kier alpha value is -3.50. The Morgan fingerprint density at radius 3 is 2.46 bits per heavy atom. The highest BCUT2D eigenvalue weighted by atomic mass is 32.2. The van der Waals surface area contributed by atoms with Gasteiger partial charge in [0.1, 0.15) is 17.6 Å². The number of alkyl halides is 2. The first-order chi connectivity index (χ1) is 17.6. The molecular formula is C27H27F2NO6S. The average Bonchev–Trinajstić information content (AvgIpc) is 2.85. The molecule has 0 saturated heterocycles. The molecule has 3 aromatic rings. The monoisotopic (exact) mass is 531 g/mol. The summed E-state index contributed by atoms with van der Waals surface area (Å²) < 4.78 is 65.3. The van der Waals surface area contributed by atoms with Crippen LogP contribution in [0.1, 0.15) is 47.6 Å². The number of hydrogen-bond donors (Lipinski definition) is 1. The van der Waals surface area contributed by atoms with E-state index in [1.807, 2.05) is 24.3 Å². The van der Waals surface area contributed by atoms with Crippen LogP contribution in [-0.4, -0.2) is 28.1 Å². The molecule has 1 heterocycles. The van der Waals surface area contributed by atoms with Crippen LogP contribution in [0, 0.1) is 0 Å². The number of unbranched alkanes of at least 4 members (excludes halogenated alkanes) is 1. The van der Waals surface area contributed by atoms with Crippen molar-refractivity contribution in [3.8, 4) is 22.6 Å². The summed E-state index contributed by atoms with van der Waals surface area (Å²) in [4.78, 5) is 11.3. The van der Waals surface area contributed by atoms with E-state index in [2.05, 4.69) is 4.74 Å². The fraction of sp³-hybridized carbons (Fsp3) is 0.296. The Morgan fingerprint density at radius 1 is 1.05 bits per heavy atom. The van der Waals surface area contributed by atoms with Crippen molar-refractivity contribution < 1.29 is 36.2 Å². The van der Waals surface area contributed by atoms with Gasteiger partial charge in [0.2, 0.25) is 10.0 Å². The minimum absolute atomic E-state index is 0.0336. The summed E-state index contributed by atoms with van der Waals surface area (Å²) in [6, 6.07) is 17.4. The second kappa shape index (κ2) is 11.3. The maximum Gasteiger partial charge on any atom is 0.387 e. The highest BCUT2D eigenvalue weighted by Gasteiger charge is 2.31. The number of primary sulfonamides is 1. The smallest absolute Gasteiger partial charge is 0.387 e. The number of ether oxygens (including phenoxy) is 3. The standard InChI is InChI=1S/C27H27F2NO6S/c1-34-24(31)8-3-2-5-17-9-12-19(13-10-17)26-21-15-18(16-37(30,32)33)11-14-20(21)25-22(35-26)6-4-7-23(25)36-27(28)29/h4,6-7,9-15,26-27H,2-3,5,8,16H2,1H3,(H2,30,32,33). The Labute approximate surface area is 214 Å². The van der Waals surface area contributed by atoms with Gasteiger partial charge in [0.15, 0.2) is 0 Å². The summed E-state index contributed by atoms with van der Waals surface area (Å²) in [5.41, 5.74) is 3.93. The molecule has 1 unspecified atom stereocenters. The lowest BCUT2D eigenvalue weighted by Crippen LogP contribution is -2.18. The molecule has 10 heteroatoms. The molecule has 1 aliphatic heterocycles. The third-order valence-electron chi connectivity index (χ3n) is 6.09. The molecule has 0 bridgehead atoms. The Bertz CT molecular complexity index is 1380. The minimum atomic E-state index is -3.79. The molecule has 4 rings (SSSR count). The van der Waals surface area contributed by atoms with E-state index in [9.17, 15) is 22.0 Å². The lowest BCUT2D eigenvalue weighted by molar-refractivity contribution is -0.140. The van der Waals surface area contributed by atoms with Crippen molar-refractivity contribution >= 4 is 16.0 Å². The fourth-order valence-electron chi connectivity index (χ4n) is 4.45. The van der Waals surface area contributed by atoms with Crippen LogP contribution in [0.2, 0.25) is 0 Å². The number of esters is 1. The molecule has 0 fully saturated rings. The van der Waals surface area contributed by atoms with Crippen molar-refractivity contribution in [1.29, 1.82) is 0 Å². The van der Waals surface area contributed by atoms with Gasteiger partial charge in [-0.1, -0.05) is 48.5 Å². The summed E-state index contributed by atoms with van der Waals surface area (Å²) in [5.74, 6) is -0.261. The Balaban J connectivity index is 1.66. The molecule has 196 valence electrons. The first-order valence-electron chi connectivity index (χ1n) is 11.7. The Morgan fingerprint density at radius 2 is 1.78 bits per heavy atom. The predicted octanol–water partition coefficient (Wildman–Crippen LogP) is 5.11. The second-order valence-corrected chi connectivity index (χ2v) is 10.4. The van der Waals surface area contributed by atoms with E-state index in [0.717, 1.165) is 30.4 Å². The number of carbonyl (C=O) groups excluding carboxylic acids is 1. The molecule has 1 aliphatic rings. The molecule has 0 spiro atoms. The summed E-state index contributed by atoms with van der Waals surface area (Å²) in [6.07, 6.45) is 2.10. The van der Waals surface area contributed by atoms with Crippen LogP contribution >= 0.6 is 0 Å². The number of carbonyl (C=O) groups is 1. The summed E-state index contributed by atoms with van der Waals surface area (Å²) in [6.45, 7) is -3.02. The number of halogens is 2. The van der Waals surface area contributed by atoms with Crippen LogP contribution < -0.4 is 14.6 Å². The zero-order valence-electron chi connectivity index (χ0n) is 20.2. The van der Waals surface area contributed by atoms with Gasteiger partial charge in [-0.25, -0.2) is 13.6 Å². The van der Waals surface area contributed by atoms with Crippen molar-refractivity contribution in [2.45, 2.75) is 44.2 Å². The number of methoxy groups -OCH3 is 1. The van der Waals surface area contributed by atoms with Gasteiger partial charge in [-0.3, -0.25) is 4.79 Å². The molecule has 1 atom stereocenters. The SMILES string of the molecule is COC(=O)CCCCc1ccc(C2Oc3cccc(OC(F)F)c3-c3ccc(CS(N)(=O)=O)cc32)cc1. The lowest BCUT2D eigenvalue weighted by Gasteiger charge is -2.31. The second-order valence-electron chi connectivity index (χ2n) is 8.76. The van der Waals surface area contributed by atoms with Crippen molar-refractivity contribution in [3.05, 3.63) is 82.9 Å². The van der Waals surface area contributed by atoms with Crippen LogP contribution in [0.5, 0.6) is 11.5 Å². The van der Waals surface area contributed by atoms with E-state index >= 15 is 0 Å². The highest BCUT2D eigenvalue weighted by molar-refractivity contribution is 7.88. The maximum absolute atomic E-state index is 13.1. The number of benzene rings is 3. The summed E-state index contributed by atoms with van der Waals surface area (Å²) in [5, 5.41) is 5.25. The third kappa shape index (κ3) is 6.64. The number of nitrogens with two attached hydrogens (primary N) is 1. The van der Waals surface area contributed by atoms with Crippen molar-refractivity contribution in [2.75, 3.05) is 7.11 Å². The fourth-order valence-corrected chi connectivity index (χ4v) is 5.09. The van der Waals surface area contributed by atoms with Crippen LogP contribution in [0.25, 0.3) is 11.1 Å². The molecule has 0 saturated carbocycles. The van der Waals surface area contributed by atoms with Crippen LogP contribution in [0.4, 0.5) is 8.78 Å². The molecule has 3 aromatic carbocycles. The van der Waals surface area contributed by atoms with Gasteiger partial charge < -0.3 is 14.2 Å². The van der Waals surface area contributed by atoms with Gasteiger partial charge in [-0.15, -0.1) is 0 Å². The van der Waals surface area contributed by atoms with E-state index in [-0.39, 0.29) is 17.5 Å². The topological polar surface area (TPSA) is 105 Å². The Kier molecular flexibility index (Phi) is 8.09. The van der Waals surface area contributed by atoms with Crippen LogP contribution in [-0.2, 0) is 31.7 Å². The molecule has 0 aromatic heterocycles. The third-order valence-corrected chi connectivity index (χ3v) is 6.83. The summed E-state index contributed by atoms with van der Waals surface area (Å²) >= 11 is 0. The lowest BCUT2D eigenvalue weighted by atomic mass is 9.87. The van der Waals surface area contributed by atoms with Gasteiger partial charge in [0.25, 0.3) is 0 Å². The molecular weight excluding hydrogens is 504 g/mol. The number of fused-ring (bicyclic) bond motifs is 3. The first kappa shape index (κ1) is 26.6. The number of aryl methyl sites for hydroxylation is 1. The van der Waals surface area contributed by atoms with E-state index in [1.54, 1.807) is 30.3 Å².